The predicted octanol–water partition coefficient (Wildman–Crippen LogP) is 3.06. The monoisotopic (exact) mass is 341 g/mol. The van der Waals surface area contributed by atoms with Gasteiger partial charge in [-0.1, -0.05) is 22.0 Å². The van der Waals surface area contributed by atoms with E-state index in [0.717, 1.165) is 16.1 Å². The van der Waals surface area contributed by atoms with E-state index in [1.807, 2.05) is 12.1 Å². The fraction of sp³-hybridized carbons (Fsp3) is 0.143. The molecular weight excluding hydrogens is 328 g/mol. The molecule has 106 valence electrons. The Hall–Kier alpha value is -1.50. The first-order valence-electron chi connectivity index (χ1n) is 5.96. The van der Waals surface area contributed by atoms with Crippen LogP contribution in [0.4, 0.5) is 14.5 Å². The summed E-state index contributed by atoms with van der Waals surface area (Å²) in [6.45, 7) is 0. The van der Waals surface area contributed by atoms with Crippen LogP contribution in [0.5, 0.6) is 0 Å². The number of hydrogen-bond donors (Lipinski definition) is 3. The molecular formula is C14H14BrF2N3. The molecule has 3 nitrogen and oxygen atoms in total. The summed E-state index contributed by atoms with van der Waals surface area (Å²) in [4.78, 5) is 0. The van der Waals surface area contributed by atoms with Gasteiger partial charge in [-0.3, -0.25) is 11.3 Å². The van der Waals surface area contributed by atoms with Crippen molar-refractivity contribution in [2.75, 3.05) is 5.73 Å². The third-order valence-corrected chi connectivity index (χ3v) is 3.56. The molecule has 0 radical (unpaired) electrons. The molecule has 1 atom stereocenters. The van der Waals surface area contributed by atoms with Crippen molar-refractivity contribution in [3.8, 4) is 0 Å². The fourth-order valence-corrected chi connectivity index (χ4v) is 2.39. The van der Waals surface area contributed by atoms with Gasteiger partial charge in [-0.2, -0.15) is 0 Å². The van der Waals surface area contributed by atoms with E-state index in [2.05, 4.69) is 21.4 Å². The molecule has 0 saturated heterocycles. The molecule has 0 spiro atoms. The van der Waals surface area contributed by atoms with Gasteiger partial charge in [0, 0.05) is 16.2 Å². The van der Waals surface area contributed by atoms with Crippen LogP contribution in [-0.2, 0) is 6.42 Å². The number of nitrogens with two attached hydrogens (primary N) is 2. The fourth-order valence-electron chi connectivity index (χ4n) is 2.01. The van der Waals surface area contributed by atoms with Crippen molar-refractivity contribution >= 4 is 21.6 Å². The second kappa shape index (κ2) is 6.30. The summed E-state index contributed by atoms with van der Waals surface area (Å²) in [5.74, 6) is 4.33. The van der Waals surface area contributed by atoms with Crippen LogP contribution in [0.3, 0.4) is 0 Å². The quantitative estimate of drug-likeness (QED) is 0.455. The Morgan fingerprint density at radius 3 is 2.55 bits per heavy atom. The molecule has 0 amide bonds. The molecule has 5 N–H and O–H groups in total. The van der Waals surface area contributed by atoms with Crippen LogP contribution in [0.25, 0.3) is 0 Å². The standard InChI is InChI=1S/C14H14BrF2N3/c15-9-2-4-13(18)11(6-9)14(20-19)5-8-1-3-10(16)7-12(8)17/h1-4,6-7,14,20H,5,18-19H2. The first-order chi connectivity index (χ1) is 9.51. The third-order valence-electron chi connectivity index (χ3n) is 3.06. The highest BCUT2D eigenvalue weighted by Gasteiger charge is 2.16. The maximum absolute atomic E-state index is 13.7. The number of benzene rings is 2. The first kappa shape index (κ1) is 14.9. The first-order valence-corrected chi connectivity index (χ1v) is 6.75. The van der Waals surface area contributed by atoms with Crippen molar-refractivity contribution in [3.05, 3.63) is 63.6 Å². The van der Waals surface area contributed by atoms with E-state index >= 15 is 0 Å². The topological polar surface area (TPSA) is 64.1 Å². The summed E-state index contributed by atoms with van der Waals surface area (Å²) in [6, 6.07) is 8.48. The number of nitrogen functional groups attached to an aromatic ring is 1. The SMILES string of the molecule is NNC(Cc1ccc(F)cc1F)c1cc(Br)ccc1N. The summed E-state index contributed by atoms with van der Waals surface area (Å²) in [5, 5.41) is 0. The van der Waals surface area contributed by atoms with Gasteiger partial charge in [0.1, 0.15) is 11.6 Å². The molecule has 0 aliphatic rings. The van der Waals surface area contributed by atoms with Crippen molar-refractivity contribution in [2.45, 2.75) is 12.5 Å². The molecule has 0 aliphatic heterocycles. The Balaban J connectivity index is 2.31. The van der Waals surface area contributed by atoms with Gasteiger partial charge >= 0.3 is 0 Å². The zero-order chi connectivity index (χ0) is 14.7. The van der Waals surface area contributed by atoms with Crippen molar-refractivity contribution in [3.63, 3.8) is 0 Å². The van der Waals surface area contributed by atoms with E-state index in [1.165, 1.54) is 12.1 Å². The maximum atomic E-state index is 13.7. The Bertz CT molecular complexity index is 619. The van der Waals surface area contributed by atoms with Crippen LogP contribution in [0.2, 0.25) is 0 Å². The molecule has 0 aromatic heterocycles. The smallest absolute Gasteiger partial charge is 0.129 e. The number of anilines is 1. The van der Waals surface area contributed by atoms with Gasteiger partial charge in [-0.25, -0.2) is 8.78 Å². The van der Waals surface area contributed by atoms with Gasteiger partial charge in [-0.05, 0) is 41.8 Å². The summed E-state index contributed by atoms with van der Waals surface area (Å²) >= 11 is 3.36. The van der Waals surface area contributed by atoms with Crippen molar-refractivity contribution in [2.24, 2.45) is 5.84 Å². The highest BCUT2D eigenvalue weighted by molar-refractivity contribution is 9.10. The molecule has 0 heterocycles. The van der Waals surface area contributed by atoms with Gasteiger partial charge < -0.3 is 5.73 Å². The van der Waals surface area contributed by atoms with E-state index in [0.29, 0.717) is 11.3 Å². The Morgan fingerprint density at radius 1 is 1.15 bits per heavy atom. The minimum atomic E-state index is -0.606. The average Bonchev–Trinajstić information content (AvgIpc) is 2.41. The van der Waals surface area contributed by atoms with E-state index < -0.39 is 11.6 Å². The second-order valence-electron chi connectivity index (χ2n) is 4.43. The van der Waals surface area contributed by atoms with Crippen LogP contribution in [0, 0.1) is 11.6 Å². The van der Waals surface area contributed by atoms with Gasteiger partial charge in [-0.15, -0.1) is 0 Å². The van der Waals surface area contributed by atoms with Crippen molar-refractivity contribution in [1.82, 2.24) is 5.43 Å². The van der Waals surface area contributed by atoms with Crippen LogP contribution in [0.1, 0.15) is 17.2 Å². The van der Waals surface area contributed by atoms with Crippen LogP contribution >= 0.6 is 15.9 Å². The third kappa shape index (κ3) is 3.33. The number of hydrazine groups is 1. The number of nitrogens with one attached hydrogen (secondary N) is 1. The summed E-state index contributed by atoms with van der Waals surface area (Å²) < 4.78 is 27.4. The molecule has 1 unspecified atom stereocenters. The number of rotatable bonds is 4. The Labute approximate surface area is 124 Å². The second-order valence-corrected chi connectivity index (χ2v) is 5.35. The van der Waals surface area contributed by atoms with Crippen LogP contribution in [-0.4, -0.2) is 0 Å². The maximum Gasteiger partial charge on any atom is 0.129 e. The molecule has 20 heavy (non-hydrogen) atoms. The lowest BCUT2D eigenvalue weighted by Gasteiger charge is -2.19. The summed E-state index contributed by atoms with van der Waals surface area (Å²) in [6.07, 6.45) is 0.267. The molecule has 2 aromatic rings. The Kier molecular flexibility index (Phi) is 4.69. The minimum absolute atomic E-state index is 0.267. The lowest BCUT2D eigenvalue weighted by molar-refractivity contribution is 0.522. The highest BCUT2D eigenvalue weighted by Crippen LogP contribution is 2.27. The molecule has 2 rings (SSSR count). The highest BCUT2D eigenvalue weighted by atomic mass is 79.9. The van der Waals surface area contributed by atoms with E-state index in [4.69, 9.17) is 11.6 Å². The molecule has 0 aliphatic carbocycles. The average molecular weight is 342 g/mol. The van der Waals surface area contributed by atoms with E-state index in [-0.39, 0.29) is 12.5 Å². The molecule has 6 heteroatoms. The van der Waals surface area contributed by atoms with Crippen molar-refractivity contribution < 1.29 is 8.78 Å². The molecule has 0 saturated carbocycles. The Morgan fingerprint density at radius 2 is 1.90 bits per heavy atom. The zero-order valence-corrected chi connectivity index (χ0v) is 12.1. The van der Waals surface area contributed by atoms with Crippen molar-refractivity contribution in [1.29, 1.82) is 0 Å². The van der Waals surface area contributed by atoms with Gasteiger partial charge in [0.15, 0.2) is 0 Å². The lowest BCUT2D eigenvalue weighted by atomic mass is 9.97. The predicted molar refractivity (Wildman–Crippen MR) is 78.7 cm³/mol. The van der Waals surface area contributed by atoms with Crippen LogP contribution in [0.15, 0.2) is 40.9 Å². The zero-order valence-electron chi connectivity index (χ0n) is 10.5. The largest absolute Gasteiger partial charge is 0.398 e. The van der Waals surface area contributed by atoms with Crippen LogP contribution < -0.4 is 17.0 Å². The molecule has 0 bridgehead atoms. The normalized spacial score (nSPS) is 12.4. The van der Waals surface area contributed by atoms with E-state index in [1.54, 1.807) is 6.07 Å². The molecule has 0 fully saturated rings. The summed E-state index contributed by atoms with van der Waals surface area (Å²) in [5.41, 5.74) is 10.2. The number of halogens is 3. The lowest BCUT2D eigenvalue weighted by Crippen LogP contribution is -2.30. The van der Waals surface area contributed by atoms with E-state index in [9.17, 15) is 8.78 Å². The van der Waals surface area contributed by atoms with Gasteiger partial charge in [0.2, 0.25) is 0 Å². The van der Waals surface area contributed by atoms with Gasteiger partial charge in [0.05, 0.1) is 6.04 Å². The minimum Gasteiger partial charge on any atom is -0.398 e. The van der Waals surface area contributed by atoms with Gasteiger partial charge in [0.25, 0.3) is 0 Å². The number of hydrogen-bond acceptors (Lipinski definition) is 3. The summed E-state index contributed by atoms with van der Waals surface area (Å²) in [7, 11) is 0. The molecule has 2 aromatic carbocycles.